The summed E-state index contributed by atoms with van der Waals surface area (Å²) in [5.41, 5.74) is 0. The number of alkyl halides is 1. The Labute approximate surface area is 392 Å². The van der Waals surface area contributed by atoms with E-state index in [1.165, 1.54) is 46.8 Å². The van der Waals surface area contributed by atoms with Crippen molar-refractivity contribution in [1.82, 2.24) is 0 Å². The summed E-state index contributed by atoms with van der Waals surface area (Å²) >= 11 is 3.15. The molecule has 0 unspecified atom stereocenters. The Morgan fingerprint density at radius 1 is 0.500 bits per heavy atom. The number of aliphatic hydroxyl groups is 2. The molecule has 14 heteroatoms. The maximum Gasteiger partial charge on any atom is 1.00 e. The number of carbonyl (C=O) groups is 2. The second kappa shape index (κ2) is 475. The van der Waals surface area contributed by atoms with Crippen LogP contribution in [0.3, 0.4) is 0 Å². The monoisotopic (exact) mass is 934 g/mol. The zero-order valence-electron chi connectivity index (χ0n) is 44.0. The summed E-state index contributed by atoms with van der Waals surface area (Å²) in [7, 11) is -1.33. The van der Waals surface area contributed by atoms with Crippen molar-refractivity contribution in [3.8, 4) is 0 Å². The van der Waals surface area contributed by atoms with Crippen molar-refractivity contribution in [3.63, 3.8) is 0 Å². The van der Waals surface area contributed by atoms with E-state index >= 15 is 0 Å². The van der Waals surface area contributed by atoms with Crippen LogP contribution in [0.4, 0.5) is 0 Å². The van der Waals surface area contributed by atoms with Gasteiger partial charge in [0.2, 0.25) is 0 Å². The molecule has 0 heterocycles. The van der Waals surface area contributed by atoms with E-state index in [-0.39, 0.29) is 63.0 Å². The number of hydrogen-bond acceptors (Lipinski definition) is 8. The molecule has 8 nitrogen and oxygen atoms in total. The molecular formula is C40H111B3Br2NaO8. The van der Waals surface area contributed by atoms with Gasteiger partial charge in [-0.2, -0.15) is 0 Å². The number of hydrogen-bond donors (Lipinski definition) is 6. The van der Waals surface area contributed by atoms with Gasteiger partial charge in [-0.1, -0.05) is 191 Å². The number of aldehydes is 2. The Balaban J connectivity index is -0.0000000105. The van der Waals surface area contributed by atoms with Crippen molar-refractivity contribution in [3.05, 3.63) is 24.3 Å². The SMILES string of the molecule is Br.CB(O)O.CB(O)O.CC.CC.CC.CC.CC.CC.CC.CC=CC.CC=CC.CC=O.CC=O.CCBr.CCC.CCCC.CCO.CO.[B].[H-].[Na+]. The summed E-state index contributed by atoms with van der Waals surface area (Å²) < 4.78 is 0. The average molecular weight is 936 g/mol. The molecule has 3 radical (unpaired) electrons. The first kappa shape index (κ1) is 139. The molecule has 0 aliphatic rings. The predicted octanol–water partition coefficient (Wildman–Crippen LogP) is 10.5. The van der Waals surface area contributed by atoms with Crippen LogP contribution in [0, 0.1) is 0 Å². The molecule has 343 valence electrons. The molecule has 0 fully saturated rings. The fourth-order valence-corrected chi connectivity index (χ4v) is 0. The molecule has 0 rings (SSSR count). The van der Waals surface area contributed by atoms with Gasteiger partial charge in [-0.15, -0.1) is 17.0 Å². The van der Waals surface area contributed by atoms with Gasteiger partial charge < -0.3 is 41.3 Å². The fraction of sp³-hybridized carbons (Fsp3) is 0.850. The summed E-state index contributed by atoms with van der Waals surface area (Å²) in [4.78, 5) is 17.6. The number of aliphatic hydroxyl groups excluding tert-OH is 2. The van der Waals surface area contributed by atoms with Gasteiger partial charge in [-0.05, 0) is 62.1 Å². The van der Waals surface area contributed by atoms with Crippen LogP contribution in [-0.2, 0) is 9.59 Å². The minimum absolute atomic E-state index is 0. The van der Waals surface area contributed by atoms with Crippen molar-refractivity contribution < 1.29 is 70.9 Å². The normalized spacial score (nSPS) is 5.33. The van der Waals surface area contributed by atoms with Gasteiger partial charge in [0.1, 0.15) is 12.6 Å². The number of rotatable bonds is 1. The Morgan fingerprint density at radius 2 is 0.537 bits per heavy atom. The molecule has 0 aromatic heterocycles. The number of carbonyl (C=O) groups excluding carboxylic acids is 2. The molecule has 0 bridgehead atoms. The maximum absolute atomic E-state index is 8.81. The second-order valence-electron chi connectivity index (χ2n) is 5.36. The van der Waals surface area contributed by atoms with Crippen molar-refractivity contribution in [2.45, 2.75) is 213 Å². The summed E-state index contributed by atoms with van der Waals surface area (Å²) in [6.07, 6.45) is 13.4. The number of unbranched alkanes of at least 4 members (excludes halogenated alkanes) is 1. The van der Waals surface area contributed by atoms with E-state index < -0.39 is 14.2 Å². The Bertz CT molecular complexity index is 273. The molecule has 0 aliphatic heterocycles. The van der Waals surface area contributed by atoms with Gasteiger partial charge in [-0.25, -0.2) is 0 Å². The third-order valence-electron chi connectivity index (χ3n) is 1.17. The van der Waals surface area contributed by atoms with E-state index in [2.05, 4.69) is 43.6 Å². The third kappa shape index (κ3) is 10100. The largest absolute Gasteiger partial charge is 1.00 e. The molecule has 0 aromatic carbocycles. The van der Waals surface area contributed by atoms with E-state index in [0.29, 0.717) is 0 Å². The molecule has 0 atom stereocenters. The standard InChI is InChI=1S/C4H10.2C4H8.C3H8.C2H5Br.C2H6O.2C2H4O.7C2H6.2CH5BO2.CH4O.B.BrH.Na.H/c3*1-3-4-2;1-3-2;4*1-2-3;7*1-2;2*1-2(3)4;1-2;;;;/h3-4H2,1-2H3;2*3-4H,1-2H3;3H2,1-2H3;2H2,1H3;3H,2H2,1H3;2*2H,1H3;7*1-2H3;2*3-4H,1H3;2H,1H3;;1H;;/q;;;;;;;;;;;;;;;;;;;;+1;-1. The van der Waals surface area contributed by atoms with E-state index in [0.717, 1.165) is 25.0 Å². The summed E-state index contributed by atoms with van der Waals surface area (Å²) in [5.74, 6) is 0. The van der Waals surface area contributed by atoms with Crippen LogP contribution in [0.25, 0.3) is 0 Å². The summed E-state index contributed by atoms with van der Waals surface area (Å²) in [5, 5.41) is 46.1. The first-order valence-electron chi connectivity index (χ1n) is 19.6. The molecule has 0 aliphatic carbocycles. The molecule has 6 N–H and O–H groups in total. The van der Waals surface area contributed by atoms with Crippen LogP contribution in [0.1, 0.15) is 201 Å². The van der Waals surface area contributed by atoms with Crippen molar-refractivity contribution in [2.24, 2.45) is 0 Å². The minimum atomic E-state index is -1.17. The molecular weight excluding hydrogens is 824 g/mol. The summed E-state index contributed by atoms with van der Waals surface area (Å²) in [6.45, 7) is 54.0. The molecule has 0 saturated heterocycles. The van der Waals surface area contributed by atoms with Gasteiger partial charge in [0.15, 0.2) is 0 Å². The van der Waals surface area contributed by atoms with Crippen molar-refractivity contribution in [1.29, 1.82) is 0 Å². The number of halogens is 2. The molecule has 0 aromatic rings. The molecule has 0 saturated carbocycles. The van der Waals surface area contributed by atoms with E-state index in [9.17, 15) is 0 Å². The summed E-state index contributed by atoms with van der Waals surface area (Å²) in [6, 6.07) is 0. The first-order valence-corrected chi connectivity index (χ1v) is 20.7. The Hall–Kier alpha value is 0.735. The van der Waals surface area contributed by atoms with Crippen molar-refractivity contribution in [2.75, 3.05) is 19.0 Å². The molecule has 0 amide bonds. The Morgan fingerprint density at radius 3 is 0.537 bits per heavy atom. The predicted molar refractivity (Wildman–Crippen MR) is 270 cm³/mol. The first-order chi connectivity index (χ1) is 24.3. The minimum Gasteiger partial charge on any atom is -1.00 e. The molecule has 0 spiro atoms. The van der Waals surface area contributed by atoms with Crippen LogP contribution < -0.4 is 29.6 Å². The quantitative estimate of drug-likeness (QED) is 0.0657. The van der Waals surface area contributed by atoms with E-state index in [4.69, 9.17) is 39.9 Å². The van der Waals surface area contributed by atoms with Crippen LogP contribution in [0.5, 0.6) is 0 Å². The smallest absolute Gasteiger partial charge is 1.00 e. The zero-order chi connectivity index (χ0) is 46.9. The molecule has 54 heavy (non-hydrogen) atoms. The van der Waals surface area contributed by atoms with Gasteiger partial charge in [-0.3, -0.25) is 0 Å². The number of allylic oxidation sites excluding steroid dienone is 4. The van der Waals surface area contributed by atoms with E-state index in [1.807, 2.05) is 156 Å². The van der Waals surface area contributed by atoms with Crippen LogP contribution in [-0.4, -0.2) is 84.6 Å². The maximum atomic E-state index is 8.81. The van der Waals surface area contributed by atoms with E-state index in [1.54, 1.807) is 6.92 Å². The van der Waals surface area contributed by atoms with Crippen molar-refractivity contribution >= 4 is 68.1 Å². The Kier molecular flexibility index (Phi) is 1220. The van der Waals surface area contributed by atoms with Crippen LogP contribution in [0.15, 0.2) is 24.3 Å². The van der Waals surface area contributed by atoms with Gasteiger partial charge in [0.05, 0.1) is 0 Å². The topological polar surface area (TPSA) is 156 Å². The average Bonchev–Trinajstić information content (AvgIpc) is 3.16. The van der Waals surface area contributed by atoms with Gasteiger partial charge >= 0.3 is 43.8 Å². The third-order valence-corrected chi connectivity index (χ3v) is 1.17. The zero-order valence-corrected chi connectivity index (χ0v) is 48.3. The van der Waals surface area contributed by atoms with Crippen LogP contribution in [0.2, 0.25) is 13.6 Å². The van der Waals surface area contributed by atoms with Crippen LogP contribution >= 0.6 is 32.9 Å². The van der Waals surface area contributed by atoms with Gasteiger partial charge in [0, 0.05) is 27.5 Å². The second-order valence-corrected chi connectivity index (χ2v) is 6.48. The fourth-order valence-electron chi connectivity index (χ4n) is 0. The van der Waals surface area contributed by atoms with Gasteiger partial charge in [0.25, 0.3) is 0 Å².